The summed E-state index contributed by atoms with van der Waals surface area (Å²) < 4.78 is 5.98. The van der Waals surface area contributed by atoms with E-state index in [1.54, 1.807) is 0 Å². The fourth-order valence-electron chi connectivity index (χ4n) is 2.70. The third kappa shape index (κ3) is 4.54. The summed E-state index contributed by atoms with van der Waals surface area (Å²) in [4.78, 5) is 0. The first-order valence-electron chi connectivity index (χ1n) is 7.78. The zero-order valence-corrected chi connectivity index (χ0v) is 12.4. The van der Waals surface area contributed by atoms with Gasteiger partial charge in [0.05, 0.1) is 0 Å². The molecule has 0 saturated carbocycles. The molecule has 0 heterocycles. The molecule has 0 aromatic heterocycles. The second kappa shape index (κ2) is 7.54. The van der Waals surface area contributed by atoms with Gasteiger partial charge in [-0.3, -0.25) is 0 Å². The van der Waals surface area contributed by atoms with Crippen LogP contribution in [0.2, 0.25) is 0 Å². The van der Waals surface area contributed by atoms with Crippen molar-refractivity contribution in [3.8, 4) is 5.75 Å². The van der Waals surface area contributed by atoms with Gasteiger partial charge in [-0.15, -0.1) is 0 Å². The molecule has 0 fully saturated rings. The first-order chi connectivity index (χ1) is 9.29. The third-order valence-corrected chi connectivity index (χ3v) is 3.80. The standard InChI is InChI=1S/C17H27NO/c1-3-4-5-11-18-13-14(2)19-17-10-9-15-7-6-8-16(15)12-17/h9-10,12,14,18H,3-8,11,13H2,1-2H3. The van der Waals surface area contributed by atoms with Gasteiger partial charge in [-0.05, 0) is 62.4 Å². The normalized spacial score (nSPS) is 15.3. The number of rotatable bonds is 8. The van der Waals surface area contributed by atoms with Crippen molar-refractivity contribution in [3.05, 3.63) is 29.3 Å². The monoisotopic (exact) mass is 261 g/mol. The quantitative estimate of drug-likeness (QED) is 0.720. The van der Waals surface area contributed by atoms with Crippen LogP contribution in [-0.2, 0) is 12.8 Å². The predicted octanol–water partition coefficient (Wildman–Crippen LogP) is 3.72. The first-order valence-corrected chi connectivity index (χ1v) is 7.78. The van der Waals surface area contributed by atoms with E-state index in [0.29, 0.717) is 0 Å². The number of benzene rings is 1. The van der Waals surface area contributed by atoms with Gasteiger partial charge < -0.3 is 10.1 Å². The van der Waals surface area contributed by atoms with Crippen molar-refractivity contribution in [2.75, 3.05) is 13.1 Å². The molecule has 0 radical (unpaired) electrons. The SMILES string of the molecule is CCCCCNCC(C)Oc1ccc2c(c1)CCC2. The topological polar surface area (TPSA) is 21.3 Å². The van der Waals surface area contributed by atoms with Gasteiger partial charge in [0, 0.05) is 6.54 Å². The van der Waals surface area contributed by atoms with Gasteiger partial charge in [-0.25, -0.2) is 0 Å². The van der Waals surface area contributed by atoms with Crippen LogP contribution in [0.25, 0.3) is 0 Å². The van der Waals surface area contributed by atoms with Crippen molar-refractivity contribution in [3.63, 3.8) is 0 Å². The lowest BCUT2D eigenvalue weighted by atomic mass is 10.1. The van der Waals surface area contributed by atoms with Crippen molar-refractivity contribution in [2.45, 2.75) is 58.5 Å². The minimum absolute atomic E-state index is 0.237. The fourth-order valence-corrected chi connectivity index (χ4v) is 2.70. The molecule has 1 aliphatic carbocycles. The molecule has 2 heteroatoms. The summed E-state index contributed by atoms with van der Waals surface area (Å²) in [5.41, 5.74) is 3.00. The van der Waals surface area contributed by atoms with Gasteiger partial charge in [0.1, 0.15) is 11.9 Å². The summed E-state index contributed by atoms with van der Waals surface area (Å²) in [5, 5.41) is 3.47. The lowest BCUT2D eigenvalue weighted by molar-refractivity contribution is 0.217. The van der Waals surface area contributed by atoms with Gasteiger partial charge >= 0.3 is 0 Å². The maximum absolute atomic E-state index is 5.98. The predicted molar refractivity (Wildman–Crippen MR) is 81.0 cm³/mol. The Morgan fingerprint density at radius 2 is 2.05 bits per heavy atom. The van der Waals surface area contributed by atoms with Crippen molar-refractivity contribution in [1.82, 2.24) is 5.32 Å². The molecule has 1 unspecified atom stereocenters. The number of ether oxygens (including phenoxy) is 1. The van der Waals surface area contributed by atoms with Gasteiger partial charge in [-0.2, -0.15) is 0 Å². The number of unbranched alkanes of at least 4 members (excludes halogenated alkanes) is 2. The van der Waals surface area contributed by atoms with Crippen LogP contribution in [0.5, 0.6) is 5.75 Å². The molecule has 106 valence electrons. The number of aryl methyl sites for hydroxylation is 2. The van der Waals surface area contributed by atoms with Crippen LogP contribution in [0.15, 0.2) is 18.2 Å². The van der Waals surface area contributed by atoms with Crippen LogP contribution in [0, 0.1) is 0 Å². The molecule has 0 amide bonds. The number of nitrogens with one attached hydrogen (secondary N) is 1. The van der Waals surface area contributed by atoms with E-state index in [4.69, 9.17) is 4.74 Å². The molecule has 1 aliphatic rings. The lowest BCUT2D eigenvalue weighted by Gasteiger charge is -2.16. The smallest absolute Gasteiger partial charge is 0.120 e. The van der Waals surface area contributed by atoms with Crippen LogP contribution in [0.3, 0.4) is 0 Å². The van der Waals surface area contributed by atoms with Gasteiger partial charge in [-0.1, -0.05) is 25.8 Å². The Morgan fingerprint density at radius 3 is 2.89 bits per heavy atom. The van der Waals surface area contributed by atoms with Gasteiger partial charge in [0.2, 0.25) is 0 Å². The van der Waals surface area contributed by atoms with Crippen molar-refractivity contribution in [2.24, 2.45) is 0 Å². The Labute approximate surface area is 117 Å². The Kier molecular flexibility index (Phi) is 5.71. The average Bonchev–Trinajstić information content (AvgIpc) is 2.86. The van der Waals surface area contributed by atoms with Crippen LogP contribution in [0.1, 0.15) is 50.7 Å². The highest BCUT2D eigenvalue weighted by atomic mass is 16.5. The van der Waals surface area contributed by atoms with E-state index in [0.717, 1.165) is 18.8 Å². The van der Waals surface area contributed by atoms with Crippen LogP contribution < -0.4 is 10.1 Å². The van der Waals surface area contributed by atoms with Crippen molar-refractivity contribution < 1.29 is 4.74 Å². The van der Waals surface area contributed by atoms with Crippen molar-refractivity contribution >= 4 is 0 Å². The molecular weight excluding hydrogens is 234 g/mol. The fraction of sp³-hybridized carbons (Fsp3) is 0.647. The highest BCUT2D eigenvalue weighted by Gasteiger charge is 2.12. The highest BCUT2D eigenvalue weighted by molar-refractivity contribution is 5.38. The molecule has 1 atom stereocenters. The molecule has 2 nitrogen and oxygen atoms in total. The molecule has 1 N–H and O–H groups in total. The van der Waals surface area contributed by atoms with E-state index >= 15 is 0 Å². The molecule has 1 aromatic carbocycles. The molecule has 0 bridgehead atoms. The zero-order valence-electron chi connectivity index (χ0n) is 12.4. The Bertz CT molecular complexity index is 389. The minimum atomic E-state index is 0.237. The largest absolute Gasteiger partial charge is 0.489 e. The lowest BCUT2D eigenvalue weighted by Crippen LogP contribution is -2.29. The second-order valence-electron chi connectivity index (χ2n) is 5.62. The molecule has 19 heavy (non-hydrogen) atoms. The van der Waals surface area contributed by atoms with E-state index in [1.165, 1.54) is 49.7 Å². The molecule has 2 rings (SSSR count). The van der Waals surface area contributed by atoms with Crippen molar-refractivity contribution in [1.29, 1.82) is 0 Å². The van der Waals surface area contributed by atoms with Gasteiger partial charge in [0.15, 0.2) is 0 Å². The molecular formula is C17H27NO. The summed E-state index contributed by atoms with van der Waals surface area (Å²) in [6.07, 6.45) is 7.85. The number of hydrogen-bond acceptors (Lipinski definition) is 2. The Morgan fingerprint density at radius 1 is 1.21 bits per heavy atom. The van der Waals surface area contributed by atoms with E-state index < -0.39 is 0 Å². The summed E-state index contributed by atoms with van der Waals surface area (Å²) in [6, 6.07) is 6.59. The maximum atomic E-state index is 5.98. The molecule has 0 saturated heterocycles. The van der Waals surface area contributed by atoms with E-state index in [9.17, 15) is 0 Å². The average molecular weight is 261 g/mol. The molecule has 0 aliphatic heterocycles. The summed E-state index contributed by atoms with van der Waals surface area (Å²) in [7, 11) is 0. The van der Waals surface area contributed by atoms with Gasteiger partial charge in [0.25, 0.3) is 0 Å². The Hall–Kier alpha value is -1.02. The number of hydrogen-bond donors (Lipinski definition) is 1. The second-order valence-corrected chi connectivity index (χ2v) is 5.62. The maximum Gasteiger partial charge on any atom is 0.120 e. The highest BCUT2D eigenvalue weighted by Crippen LogP contribution is 2.26. The van der Waals surface area contributed by atoms with E-state index in [1.807, 2.05) is 0 Å². The number of fused-ring (bicyclic) bond motifs is 1. The summed E-state index contributed by atoms with van der Waals surface area (Å²) >= 11 is 0. The molecule has 1 aromatic rings. The summed E-state index contributed by atoms with van der Waals surface area (Å²) in [6.45, 7) is 6.41. The van der Waals surface area contributed by atoms with E-state index in [-0.39, 0.29) is 6.10 Å². The van der Waals surface area contributed by atoms with Crippen LogP contribution >= 0.6 is 0 Å². The van der Waals surface area contributed by atoms with E-state index in [2.05, 4.69) is 37.4 Å². The molecule has 0 spiro atoms. The first kappa shape index (κ1) is 14.4. The third-order valence-electron chi connectivity index (χ3n) is 3.80. The zero-order chi connectivity index (χ0) is 13.5. The Balaban J connectivity index is 1.71. The summed E-state index contributed by atoms with van der Waals surface area (Å²) in [5.74, 6) is 1.03. The minimum Gasteiger partial charge on any atom is -0.489 e. The van der Waals surface area contributed by atoms with Crippen LogP contribution in [0.4, 0.5) is 0 Å². The van der Waals surface area contributed by atoms with Crippen LogP contribution in [-0.4, -0.2) is 19.2 Å².